The van der Waals surface area contributed by atoms with Crippen molar-refractivity contribution in [3.8, 4) is 0 Å². The molecule has 0 aromatic rings. The SMILES string of the molecule is CCCC[P+](=O)O.O=[PH+]O. The maximum absolute atomic E-state index is 9.91. The quantitative estimate of drug-likeness (QED) is 0.654. The Morgan fingerprint density at radius 1 is 1.60 bits per heavy atom. The smallest absolute Gasteiger partial charge is 0.162 e. The third kappa shape index (κ3) is 24.3. The Balaban J connectivity index is 0. The summed E-state index contributed by atoms with van der Waals surface area (Å²) in [4.78, 5) is 15.2. The van der Waals surface area contributed by atoms with Crippen LogP contribution in [0.25, 0.3) is 0 Å². The average molecular weight is 186 g/mol. The van der Waals surface area contributed by atoms with Crippen LogP contribution in [0.3, 0.4) is 0 Å². The van der Waals surface area contributed by atoms with Gasteiger partial charge in [0.15, 0.2) is 6.16 Å². The van der Waals surface area contributed by atoms with Crippen molar-refractivity contribution in [2.24, 2.45) is 0 Å². The zero-order valence-corrected chi connectivity index (χ0v) is 7.67. The first kappa shape index (κ1) is 12.8. The van der Waals surface area contributed by atoms with E-state index in [9.17, 15) is 4.57 Å². The molecule has 4 nitrogen and oxygen atoms in total. The van der Waals surface area contributed by atoms with Crippen molar-refractivity contribution in [1.29, 1.82) is 0 Å². The lowest BCUT2D eigenvalue weighted by Crippen LogP contribution is -1.73. The molecule has 0 radical (unpaired) electrons. The monoisotopic (exact) mass is 186 g/mol. The van der Waals surface area contributed by atoms with Crippen molar-refractivity contribution in [1.82, 2.24) is 0 Å². The van der Waals surface area contributed by atoms with Gasteiger partial charge in [-0.2, -0.15) is 9.79 Å². The zero-order valence-electron chi connectivity index (χ0n) is 5.78. The summed E-state index contributed by atoms with van der Waals surface area (Å²) in [6.07, 6.45) is 2.33. The lowest BCUT2D eigenvalue weighted by Gasteiger charge is -1.75. The minimum atomic E-state index is -1.86. The van der Waals surface area contributed by atoms with Crippen LogP contribution in [0.2, 0.25) is 0 Å². The fourth-order valence-electron chi connectivity index (χ4n) is 0.293. The van der Waals surface area contributed by atoms with Gasteiger partial charge in [0.05, 0.1) is 0 Å². The van der Waals surface area contributed by atoms with Gasteiger partial charge in [-0.25, -0.2) is 0 Å². The van der Waals surface area contributed by atoms with Crippen LogP contribution in [0.4, 0.5) is 0 Å². The molecule has 0 aromatic carbocycles. The second-order valence-corrected chi connectivity index (χ2v) is 2.85. The van der Waals surface area contributed by atoms with Gasteiger partial charge >= 0.3 is 16.7 Å². The summed E-state index contributed by atoms with van der Waals surface area (Å²) in [6.45, 7) is 2.00. The van der Waals surface area contributed by atoms with Crippen molar-refractivity contribution in [3.05, 3.63) is 0 Å². The molecule has 0 aromatic heterocycles. The Morgan fingerprint density at radius 3 is 2.10 bits per heavy atom. The second-order valence-electron chi connectivity index (χ2n) is 1.52. The Hall–Kier alpha value is 0.120. The van der Waals surface area contributed by atoms with Crippen LogP contribution in [-0.2, 0) is 9.13 Å². The third-order valence-corrected chi connectivity index (χ3v) is 1.40. The molecule has 2 atom stereocenters. The van der Waals surface area contributed by atoms with Crippen molar-refractivity contribution in [2.75, 3.05) is 6.16 Å². The number of unbranched alkanes of at least 4 members (excludes halogenated alkanes) is 1. The van der Waals surface area contributed by atoms with Gasteiger partial charge < -0.3 is 0 Å². The van der Waals surface area contributed by atoms with Crippen LogP contribution in [0.5, 0.6) is 0 Å². The number of hydrogen-bond donors (Lipinski definition) is 2. The molecule has 0 amide bonds. The van der Waals surface area contributed by atoms with Crippen LogP contribution >= 0.6 is 16.7 Å². The Kier molecular flexibility index (Phi) is 15.1. The van der Waals surface area contributed by atoms with Crippen molar-refractivity contribution in [2.45, 2.75) is 19.8 Å². The molecule has 2 unspecified atom stereocenters. The molecule has 0 saturated heterocycles. The molecule has 0 fully saturated rings. The highest BCUT2D eigenvalue weighted by Crippen LogP contribution is 2.13. The first-order valence-corrected chi connectivity index (χ1v) is 5.09. The molecule has 0 bridgehead atoms. The van der Waals surface area contributed by atoms with E-state index in [0.717, 1.165) is 12.8 Å². The second kappa shape index (κ2) is 11.9. The molecule has 60 valence electrons. The fraction of sp³-hybridized carbons (Fsp3) is 1.00. The lowest BCUT2D eigenvalue weighted by molar-refractivity contribution is 0.501. The summed E-state index contributed by atoms with van der Waals surface area (Å²) in [7, 11) is -3.02. The first-order chi connectivity index (χ1) is 4.68. The van der Waals surface area contributed by atoms with Gasteiger partial charge in [-0.1, -0.05) is 13.3 Å². The molecule has 0 aliphatic carbocycles. The Labute approximate surface area is 62.4 Å². The van der Waals surface area contributed by atoms with E-state index in [-0.39, 0.29) is 0 Å². The maximum Gasteiger partial charge on any atom is 0.505 e. The summed E-state index contributed by atoms with van der Waals surface area (Å²) in [6, 6.07) is 0. The zero-order chi connectivity index (χ0) is 8.41. The normalized spacial score (nSPS) is 10.1. The summed E-state index contributed by atoms with van der Waals surface area (Å²) in [5, 5.41) is 0. The van der Waals surface area contributed by atoms with Gasteiger partial charge in [0.2, 0.25) is 0 Å². The summed E-state index contributed by atoms with van der Waals surface area (Å²) in [5.74, 6) is 0. The summed E-state index contributed by atoms with van der Waals surface area (Å²) >= 11 is 0. The topological polar surface area (TPSA) is 74.6 Å². The van der Waals surface area contributed by atoms with E-state index in [2.05, 4.69) is 0 Å². The molecule has 6 heteroatoms. The highest BCUT2D eigenvalue weighted by molar-refractivity contribution is 7.37. The van der Waals surface area contributed by atoms with Crippen molar-refractivity contribution in [3.63, 3.8) is 0 Å². The Bertz CT molecular complexity index is 95.3. The molecular formula is C4H12O4P2+2. The fourth-order valence-corrected chi connectivity index (χ4v) is 0.880. The molecule has 0 rings (SSSR count). The molecule has 0 aliphatic rings. The van der Waals surface area contributed by atoms with E-state index < -0.39 is 16.7 Å². The van der Waals surface area contributed by atoms with Crippen molar-refractivity contribution >= 4 is 16.7 Å². The van der Waals surface area contributed by atoms with E-state index in [0.29, 0.717) is 6.16 Å². The average Bonchev–Trinajstić information content (AvgIpc) is 1.85. The van der Waals surface area contributed by atoms with Gasteiger partial charge in [-0.05, 0) is 15.6 Å². The van der Waals surface area contributed by atoms with Crippen molar-refractivity contribution < 1.29 is 18.9 Å². The van der Waals surface area contributed by atoms with Gasteiger partial charge in [0.25, 0.3) is 0 Å². The predicted molar refractivity (Wildman–Crippen MR) is 40.8 cm³/mol. The number of hydrogen-bond acceptors (Lipinski definition) is 2. The molecule has 2 N–H and O–H groups in total. The van der Waals surface area contributed by atoms with E-state index in [1.807, 2.05) is 6.92 Å². The summed E-state index contributed by atoms with van der Waals surface area (Å²) < 4.78 is 18.4. The molecule has 0 saturated carbocycles. The molecule has 0 spiro atoms. The number of rotatable bonds is 3. The van der Waals surface area contributed by atoms with Gasteiger partial charge in [-0.15, -0.1) is 0 Å². The van der Waals surface area contributed by atoms with Gasteiger partial charge in [0, 0.05) is 0 Å². The minimum absolute atomic E-state index is 0.464. The maximum atomic E-state index is 9.91. The van der Waals surface area contributed by atoms with E-state index in [1.54, 1.807) is 0 Å². The van der Waals surface area contributed by atoms with E-state index >= 15 is 0 Å². The van der Waals surface area contributed by atoms with Gasteiger partial charge in [-0.3, -0.25) is 0 Å². The van der Waals surface area contributed by atoms with E-state index in [4.69, 9.17) is 14.4 Å². The molecule has 0 heterocycles. The molecule has 0 aliphatic heterocycles. The minimum Gasteiger partial charge on any atom is -0.162 e. The Morgan fingerprint density at radius 2 is 2.00 bits per heavy atom. The first-order valence-electron chi connectivity index (χ1n) is 2.83. The lowest BCUT2D eigenvalue weighted by atomic mass is 10.4. The predicted octanol–water partition coefficient (Wildman–Crippen LogP) is 1.44. The third-order valence-electron chi connectivity index (χ3n) is 0.703. The van der Waals surface area contributed by atoms with Crippen LogP contribution < -0.4 is 0 Å². The van der Waals surface area contributed by atoms with Gasteiger partial charge in [0.1, 0.15) is 0 Å². The van der Waals surface area contributed by atoms with Crippen LogP contribution in [0, 0.1) is 0 Å². The van der Waals surface area contributed by atoms with E-state index in [1.165, 1.54) is 0 Å². The standard InChI is InChI=1S/C4H9O2P.HO2P/c1-2-3-4-7(5)6;1-3-2/h2-4H2,1H3;3H/p+2. The highest BCUT2D eigenvalue weighted by atomic mass is 31.1. The molecular weight excluding hydrogens is 174 g/mol. The van der Waals surface area contributed by atoms with Crippen LogP contribution in [-0.4, -0.2) is 15.9 Å². The van der Waals surface area contributed by atoms with Crippen LogP contribution in [0.1, 0.15) is 19.8 Å². The highest BCUT2D eigenvalue weighted by Gasteiger charge is 2.05. The largest absolute Gasteiger partial charge is 0.505 e. The van der Waals surface area contributed by atoms with Crippen LogP contribution in [0.15, 0.2) is 0 Å². The molecule has 10 heavy (non-hydrogen) atoms. The summed E-state index contributed by atoms with van der Waals surface area (Å²) in [5.41, 5.74) is 0.